The molecule has 1 aromatic rings. The van der Waals surface area contributed by atoms with Crippen LogP contribution in [-0.2, 0) is 11.2 Å². The number of amides is 1. The van der Waals surface area contributed by atoms with Crippen LogP contribution in [0.4, 0.5) is 0 Å². The van der Waals surface area contributed by atoms with E-state index in [2.05, 4.69) is 25.2 Å². The highest BCUT2D eigenvalue weighted by Gasteiger charge is 2.30. The average Bonchev–Trinajstić information content (AvgIpc) is 3.14. The van der Waals surface area contributed by atoms with Crippen LogP contribution in [-0.4, -0.2) is 18.5 Å². The molecule has 5 heteroatoms. The molecule has 0 aromatic carbocycles. The molecule has 1 aromatic heterocycles. The van der Waals surface area contributed by atoms with Crippen LogP contribution in [0.5, 0.6) is 0 Å². The molecule has 3 N–H and O–H groups in total. The summed E-state index contributed by atoms with van der Waals surface area (Å²) in [6, 6.07) is 2.45. The summed E-state index contributed by atoms with van der Waals surface area (Å²) in [5.41, 5.74) is 7.09. The maximum atomic E-state index is 11.9. The van der Waals surface area contributed by atoms with Crippen LogP contribution in [0, 0.1) is 19.8 Å². The summed E-state index contributed by atoms with van der Waals surface area (Å²) in [5, 5.41) is 3.07. The first-order valence-corrected chi connectivity index (χ1v) is 7.97. The van der Waals surface area contributed by atoms with E-state index in [0.717, 1.165) is 12.8 Å². The summed E-state index contributed by atoms with van der Waals surface area (Å²) in [6.07, 6.45) is 4.97. The van der Waals surface area contributed by atoms with E-state index in [-0.39, 0.29) is 24.4 Å². The number of hydrogen-bond acceptors (Lipinski definition) is 3. The summed E-state index contributed by atoms with van der Waals surface area (Å²) >= 11 is 1.84. The fourth-order valence-electron chi connectivity index (χ4n) is 2.52. The van der Waals surface area contributed by atoms with E-state index >= 15 is 0 Å². The second-order valence-corrected chi connectivity index (χ2v) is 7.00. The highest BCUT2D eigenvalue weighted by atomic mass is 35.5. The van der Waals surface area contributed by atoms with Gasteiger partial charge in [0.15, 0.2) is 0 Å². The van der Waals surface area contributed by atoms with Crippen LogP contribution >= 0.6 is 23.7 Å². The Hall–Kier alpha value is -0.580. The number of hydrogen-bond donors (Lipinski definition) is 2. The first-order valence-electron chi connectivity index (χ1n) is 7.15. The van der Waals surface area contributed by atoms with Crippen molar-refractivity contribution in [2.75, 3.05) is 6.54 Å². The summed E-state index contributed by atoms with van der Waals surface area (Å²) in [7, 11) is 0. The number of halogens is 1. The lowest BCUT2D eigenvalue weighted by Gasteiger charge is -2.15. The minimum Gasteiger partial charge on any atom is -0.352 e. The zero-order chi connectivity index (χ0) is 13.8. The van der Waals surface area contributed by atoms with Gasteiger partial charge in [0.1, 0.15) is 0 Å². The van der Waals surface area contributed by atoms with E-state index < -0.39 is 0 Å². The molecule has 0 bridgehead atoms. The molecule has 20 heavy (non-hydrogen) atoms. The van der Waals surface area contributed by atoms with Gasteiger partial charge < -0.3 is 11.1 Å². The van der Waals surface area contributed by atoms with Gasteiger partial charge in [-0.05, 0) is 57.1 Å². The smallest absolute Gasteiger partial charge is 0.220 e. The number of aryl methyl sites for hydroxylation is 3. The summed E-state index contributed by atoms with van der Waals surface area (Å²) in [6.45, 7) is 4.86. The van der Waals surface area contributed by atoms with Crippen molar-refractivity contribution in [2.24, 2.45) is 11.7 Å². The summed E-state index contributed by atoms with van der Waals surface area (Å²) in [5.74, 6) is 0.794. The molecule has 1 heterocycles. The molecule has 1 unspecified atom stereocenters. The molecule has 1 aliphatic rings. The van der Waals surface area contributed by atoms with Gasteiger partial charge in [0, 0.05) is 28.8 Å². The SMILES string of the molecule is Cc1cc(CCCC(=O)NC(CN)C2CC2)c(C)s1.Cl. The Kier molecular flexibility index (Phi) is 7.00. The molecular weight excluding hydrogens is 292 g/mol. The number of carbonyl (C=O) groups excluding carboxylic acids is 1. The Morgan fingerprint density at radius 1 is 1.50 bits per heavy atom. The zero-order valence-corrected chi connectivity index (χ0v) is 13.9. The number of rotatable bonds is 7. The molecule has 1 fully saturated rings. The van der Waals surface area contributed by atoms with Crippen molar-refractivity contribution in [2.45, 2.75) is 52.0 Å². The van der Waals surface area contributed by atoms with Crippen molar-refractivity contribution in [1.82, 2.24) is 5.32 Å². The number of nitrogens with one attached hydrogen (secondary N) is 1. The van der Waals surface area contributed by atoms with Gasteiger partial charge in [-0.2, -0.15) is 0 Å². The Morgan fingerprint density at radius 3 is 2.70 bits per heavy atom. The van der Waals surface area contributed by atoms with E-state index in [1.807, 2.05) is 11.3 Å². The van der Waals surface area contributed by atoms with E-state index in [1.165, 1.54) is 28.2 Å². The third-order valence-electron chi connectivity index (χ3n) is 3.79. The van der Waals surface area contributed by atoms with E-state index in [9.17, 15) is 4.79 Å². The third-order valence-corrected chi connectivity index (χ3v) is 4.79. The number of thiophene rings is 1. The lowest BCUT2D eigenvalue weighted by Crippen LogP contribution is -2.41. The molecule has 0 saturated heterocycles. The van der Waals surface area contributed by atoms with Gasteiger partial charge in [-0.3, -0.25) is 4.79 Å². The van der Waals surface area contributed by atoms with Crippen molar-refractivity contribution >= 4 is 29.7 Å². The molecule has 1 amide bonds. The van der Waals surface area contributed by atoms with Crippen LogP contribution in [0.25, 0.3) is 0 Å². The maximum absolute atomic E-state index is 11.9. The van der Waals surface area contributed by atoms with Crippen molar-refractivity contribution in [3.05, 3.63) is 21.4 Å². The lowest BCUT2D eigenvalue weighted by atomic mass is 10.1. The molecule has 0 radical (unpaired) electrons. The van der Waals surface area contributed by atoms with Gasteiger partial charge in [-0.25, -0.2) is 0 Å². The van der Waals surface area contributed by atoms with Crippen LogP contribution in [0.3, 0.4) is 0 Å². The predicted octanol–water partition coefficient (Wildman–Crippen LogP) is 2.96. The molecule has 1 atom stereocenters. The van der Waals surface area contributed by atoms with E-state index in [4.69, 9.17) is 5.73 Å². The van der Waals surface area contributed by atoms with Gasteiger partial charge >= 0.3 is 0 Å². The topological polar surface area (TPSA) is 55.1 Å². The third kappa shape index (κ3) is 5.08. The highest BCUT2D eigenvalue weighted by Crippen LogP contribution is 2.32. The number of carbonyl (C=O) groups is 1. The maximum Gasteiger partial charge on any atom is 0.220 e. The first kappa shape index (κ1) is 17.5. The van der Waals surface area contributed by atoms with E-state index in [1.54, 1.807) is 0 Å². The molecule has 1 aliphatic carbocycles. The van der Waals surface area contributed by atoms with Gasteiger partial charge in [-0.1, -0.05) is 0 Å². The van der Waals surface area contributed by atoms with Crippen LogP contribution in [0.2, 0.25) is 0 Å². The van der Waals surface area contributed by atoms with Crippen molar-refractivity contribution in [3.8, 4) is 0 Å². The second kappa shape index (κ2) is 8.01. The predicted molar refractivity (Wildman–Crippen MR) is 87.7 cm³/mol. The highest BCUT2D eigenvalue weighted by molar-refractivity contribution is 7.12. The van der Waals surface area contributed by atoms with Crippen LogP contribution in [0.15, 0.2) is 6.07 Å². The Bertz CT molecular complexity index is 443. The molecule has 1 saturated carbocycles. The van der Waals surface area contributed by atoms with Crippen molar-refractivity contribution in [3.63, 3.8) is 0 Å². The van der Waals surface area contributed by atoms with Crippen LogP contribution in [0.1, 0.15) is 41.0 Å². The molecule has 114 valence electrons. The second-order valence-electron chi connectivity index (χ2n) is 5.54. The summed E-state index contributed by atoms with van der Waals surface area (Å²) in [4.78, 5) is 14.6. The number of nitrogens with two attached hydrogens (primary N) is 1. The molecular formula is C15H25ClN2OS. The van der Waals surface area contributed by atoms with Gasteiger partial charge in [0.25, 0.3) is 0 Å². The quantitative estimate of drug-likeness (QED) is 0.812. The minimum absolute atomic E-state index is 0. The molecule has 2 rings (SSSR count). The fraction of sp³-hybridized carbons (Fsp3) is 0.667. The standard InChI is InChI=1S/C15H24N2OS.ClH/c1-10-8-13(11(2)19-10)4-3-5-15(18)17-14(9-16)12-6-7-12;/h8,12,14H,3-7,9,16H2,1-2H3,(H,17,18);1H. The minimum atomic E-state index is 0. The Morgan fingerprint density at radius 2 is 2.20 bits per heavy atom. The average molecular weight is 317 g/mol. The summed E-state index contributed by atoms with van der Waals surface area (Å²) < 4.78 is 0. The normalized spacial score (nSPS) is 15.6. The van der Waals surface area contributed by atoms with Crippen molar-refractivity contribution < 1.29 is 4.79 Å². The Labute approximate surface area is 131 Å². The van der Waals surface area contributed by atoms with Gasteiger partial charge in [0.05, 0.1) is 0 Å². The lowest BCUT2D eigenvalue weighted by molar-refractivity contribution is -0.122. The van der Waals surface area contributed by atoms with Gasteiger partial charge in [-0.15, -0.1) is 23.7 Å². The fourth-order valence-corrected chi connectivity index (χ4v) is 3.49. The zero-order valence-electron chi connectivity index (χ0n) is 12.3. The largest absolute Gasteiger partial charge is 0.352 e. The van der Waals surface area contributed by atoms with E-state index in [0.29, 0.717) is 18.9 Å². The van der Waals surface area contributed by atoms with Crippen molar-refractivity contribution in [1.29, 1.82) is 0 Å². The van der Waals surface area contributed by atoms with Gasteiger partial charge in [0.2, 0.25) is 5.91 Å². The van der Waals surface area contributed by atoms with Crippen LogP contribution < -0.4 is 11.1 Å². The molecule has 0 spiro atoms. The monoisotopic (exact) mass is 316 g/mol. The molecule has 3 nitrogen and oxygen atoms in total. The Balaban J connectivity index is 0.00000200. The first-order chi connectivity index (χ1) is 9.10. The molecule has 0 aliphatic heterocycles.